The number of benzene rings is 1. The van der Waals surface area contributed by atoms with Gasteiger partial charge in [0.2, 0.25) is 0 Å². The van der Waals surface area contributed by atoms with Gasteiger partial charge < -0.3 is 4.74 Å². The molecule has 124 valence electrons. The Balaban J connectivity index is 1.69. The monoisotopic (exact) mass is 422 g/mol. The molecule has 1 amide bonds. The summed E-state index contributed by atoms with van der Waals surface area (Å²) < 4.78 is 6.37. The molecule has 0 saturated heterocycles. The summed E-state index contributed by atoms with van der Waals surface area (Å²) in [6, 6.07) is 9.68. The average molecular weight is 423 g/mol. The van der Waals surface area contributed by atoms with Crippen LogP contribution in [0.5, 0.6) is 5.75 Å². The lowest BCUT2D eigenvalue weighted by Crippen LogP contribution is -2.10. The molecule has 1 aromatic carbocycles. The number of carbonyl (C=O) groups is 1. The zero-order chi connectivity index (χ0) is 16.9. The molecule has 24 heavy (non-hydrogen) atoms. The molecule has 2 heterocycles. The van der Waals surface area contributed by atoms with Crippen LogP contribution in [0.3, 0.4) is 0 Å². The molecule has 3 aromatic rings. The predicted octanol–water partition coefficient (Wildman–Crippen LogP) is 5.68. The van der Waals surface area contributed by atoms with Crippen molar-refractivity contribution in [2.45, 2.75) is 13.3 Å². The smallest absolute Gasteiger partial charge is 0.268 e. The first-order valence-corrected chi connectivity index (χ1v) is 9.95. The molecule has 0 radical (unpaired) electrons. The van der Waals surface area contributed by atoms with Crippen LogP contribution in [0.15, 0.2) is 45.6 Å². The van der Waals surface area contributed by atoms with Crippen molar-refractivity contribution in [2.24, 2.45) is 0 Å². The fourth-order valence-corrected chi connectivity index (χ4v) is 4.18. The van der Waals surface area contributed by atoms with Crippen LogP contribution in [0.25, 0.3) is 11.3 Å². The van der Waals surface area contributed by atoms with Crippen molar-refractivity contribution in [1.82, 2.24) is 4.98 Å². The van der Waals surface area contributed by atoms with Gasteiger partial charge >= 0.3 is 0 Å². The standard InChI is InChI=1S/C17H15BrN2O2S2/c1-2-8-22-12-5-3-11(4-6-12)14-10-24-17(19-14)20-16(21)15-13(18)7-9-23-15/h3-7,9-10H,2,8H2,1H3,(H,19,20,21). The third-order valence-electron chi connectivity index (χ3n) is 3.17. The number of thiazole rings is 1. The first-order chi connectivity index (χ1) is 11.7. The minimum absolute atomic E-state index is 0.152. The topological polar surface area (TPSA) is 51.2 Å². The van der Waals surface area contributed by atoms with Crippen LogP contribution >= 0.6 is 38.6 Å². The normalized spacial score (nSPS) is 10.6. The maximum atomic E-state index is 12.2. The van der Waals surface area contributed by atoms with Crippen molar-refractivity contribution in [3.63, 3.8) is 0 Å². The summed E-state index contributed by atoms with van der Waals surface area (Å²) in [5.41, 5.74) is 1.83. The minimum atomic E-state index is -0.152. The minimum Gasteiger partial charge on any atom is -0.494 e. The number of rotatable bonds is 6. The quantitative estimate of drug-likeness (QED) is 0.555. The number of hydrogen-bond donors (Lipinski definition) is 1. The number of ether oxygens (including phenoxy) is 1. The van der Waals surface area contributed by atoms with Crippen LogP contribution < -0.4 is 10.1 Å². The van der Waals surface area contributed by atoms with Gasteiger partial charge in [0.1, 0.15) is 10.6 Å². The molecule has 0 aliphatic carbocycles. The van der Waals surface area contributed by atoms with E-state index in [4.69, 9.17) is 4.74 Å². The summed E-state index contributed by atoms with van der Waals surface area (Å²) in [7, 11) is 0. The molecule has 7 heteroatoms. The zero-order valence-corrected chi connectivity index (χ0v) is 16.1. The maximum Gasteiger partial charge on any atom is 0.268 e. The van der Waals surface area contributed by atoms with Gasteiger partial charge in [0, 0.05) is 15.4 Å². The lowest BCUT2D eigenvalue weighted by Gasteiger charge is -2.04. The van der Waals surface area contributed by atoms with Crippen LogP contribution in [0, 0.1) is 0 Å². The Morgan fingerprint density at radius 3 is 2.71 bits per heavy atom. The molecular formula is C17H15BrN2O2S2. The number of amides is 1. The molecule has 0 bridgehead atoms. The number of thiophene rings is 1. The zero-order valence-electron chi connectivity index (χ0n) is 12.9. The Bertz CT molecular complexity index is 827. The van der Waals surface area contributed by atoms with Crippen molar-refractivity contribution in [3.8, 4) is 17.0 Å². The summed E-state index contributed by atoms with van der Waals surface area (Å²) in [6.07, 6.45) is 0.983. The third-order valence-corrected chi connectivity index (χ3v) is 5.77. The summed E-state index contributed by atoms with van der Waals surface area (Å²) >= 11 is 6.17. The van der Waals surface area contributed by atoms with Gasteiger partial charge in [-0.1, -0.05) is 6.92 Å². The van der Waals surface area contributed by atoms with Gasteiger partial charge in [-0.25, -0.2) is 4.98 Å². The summed E-state index contributed by atoms with van der Waals surface area (Å²) in [4.78, 5) is 17.3. The van der Waals surface area contributed by atoms with Gasteiger partial charge in [-0.15, -0.1) is 22.7 Å². The Hall–Kier alpha value is -1.70. The van der Waals surface area contributed by atoms with E-state index in [2.05, 4.69) is 33.2 Å². The highest BCUT2D eigenvalue weighted by Gasteiger charge is 2.14. The van der Waals surface area contributed by atoms with E-state index in [1.807, 2.05) is 41.1 Å². The maximum absolute atomic E-state index is 12.2. The Morgan fingerprint density at radius 2 is 2.04 bits per heavy atom. The van der Waals surface area contributed by atoms with Crippen LogP contribution in [0.4, 0.5) is 5.13 Å². The summed E-state index contributed by atoms with van der Waals surface area (Å²) in [5, 5.41) is 7.22. The molecule has 2 aromatic heterocycles. The highest BCUT2D eigenvalue weighted by Crippen LogP contribution is 2.28. The van der Waals surface area contributed by atoms with E-state index < -0.39 is 0 Å². The van der Waals surface area contributed by atoms with E-state index >= 15 is 0 Å². The van der Waals surface area contributed by atoms with Gasteiger partial charge in [0.15, 0.2) is 5.13 Å². The molecule has 0 fully saturated rings. The molecular weight excluding hydrogens is 408 g/mol. The molecule has 0 aliphatic heterocycles. The largest absolute Gasteiger partial charge is 0.494 e. The lowest BCUT2D eigenvalue weighted by molar-refractivity contribution is 0.103. The fourth-order valence-electron chi connectivity index (χ4n) is 2.02. The molecule has 0 unspecified atom stereocenters. The molecule has 0 spiro atoms. The summed E-state index contributed by atoms with van der Waals surface area (Å²) in [5.74, 6) is 0.702. The van der Waals surface area contributed by atoms with Crippen molar-refractivity contribution in [1.29, 1.82) is 0 Å². The Morgan fingerprint density at radius 1 is 1.25 bits per heavy atom. The van der Waals surface area contributed by atoms with Crippen molar-refractivity contribution < 1.29 is 9.53 Å². The van der Waals surface area contributed by atoms with Crippen molar-refractivity contribution in [3.05, 3.63) is 50.4 Å². The number of nitrogens with zero attached hydrogens (tertiary/aromatic N) is 1. The van der Waals surface area contributed by atoms with E-state index in [1.165, 1.54) is 22.7 Å². The second-order valence-electron chi connectivity index (χ2n) is 4.96. The van der Waals surface area contributed by atoms with E-state index in [-0.39, 0.29) is 5.91 Å². The van der Waals surface area contributed by atoms with Crippen LogP contribution in [-0.4, -0.2) is 17.5 Å². The van der Waals surface area contributed by atoms with E-state index in [1.54, 1.807) is 0 Å². The predicted molar refractivity (Wildman–Crippen MR) is 103 cm³/mol. The summed E-state index contributed by atoms with van der Waals surface area (Å²) in [6.45, 7) is 2.79. The first kappa shape index (κ1) is 17.1. The number of carbonyl (C=O) groups excluding carboxylic acids is 1. The molecule has 3 rings (SSSR count). The molecule has 0 atom stereocenters. The first-order valence-electron chi connectivity index (χ1n) is 7.40. The molecule has 1 N–H and O–H groups in total. The fraction of sp³-hybridized carbons (Fsp3) is 0.176. The molecule has 0 aliphatic rings. The number of aromatic nitrogens is 1. The number of anilines is 1. The second kappa shape index (κ2) is 7.92. The lowest BCUT2D eigenvalue weighted by atomic mass is 10.2. The average Bonchev–Trinajstić information content (AvgIpc) is 3.22. The van der Waals surface area contributed by atoms with Gasteiger partial charge in [0.05, 0.1) is 12.3 Å². The number of nitrogens with one attached hydrogen (secondary N) is 1. The van der Waals surface area contributed by atoms with Gasteiger partial charge in [-0.3, -0.25) is 10.1 Å². The Labute approximate surface area is 156 Å². The number of halogens is 1. The third kappa shape index (κ3) is 4.03. The van der Waals surface area contributed by atoms with E-state index in [0.717, 1.165) is 27.9 Å². The van der Waals surface area contributed by atoms with Crippen molar-refractivity contribution in [2.75, 3.05) is 11.9 Å². The number of hydrogen-bond acceptors (Lipinski definition) is 5. The second-order valence-corrected chi connectivity index (χ2v) is 7.59. The van der Waals surface area contributed by atoms with Gasteiger partial charge in [-0.05, 0) is 58.1 Å². The van der Waals surface area contributed by atoms with E-state index in [0.29, 0.717) is 16.6 Å². The van der Waals surface area contributed by atoms with Gasteiger partial charge in [-0.2, -0.15) is 0 Å². The molecule has 4 nitrogen and oxygen atoms in total. The van der Waals surface area contributed by atoms with Gasteiger partial charge in [0.25, 0.3) is 5.91 Å². The van der Waals surface area contributed by atoms with Crippen LogP contribution in [-0.2, 0) is 0 Å². The van der Waals surface area contributed by atoms with Crippen molar-refractivity contribution >= 4 is 49.6 Å². The highest BCUT2D eigenvalue weighted by atomic mass is 79.9. The van der Waals surface area contributed by atoms with Crippen LogP contribution in [0.1, 0.15) is 23.0 Å². The molecule has 0 saturated carbocycles. The SMILES string of the molecule is CCCOc1ccc(-c2csc(NC(=O)c3sccc3Br)n2)cc1. The Kier molecular flexibility index (Phi) is 5.65. The highest BCUT2D eigenvalue weighted by molar-refractivity contribution is 9.10. The van der Waals surface area contributed by atoms with E-state index in [9.17, 15) is 4.79 Å². The van der Waals surface area contributed by atoms with Crippen LogP contribution in [0.2, 0.25) is 0 Å².